The van der Waals surface area contributed by atoms with Crippen molar-refractivity contribution in [3.05, 3.63) is 259 Å². The van der Waals surface area contributed by atoms with E-state index in [4.69, 9.17) is 0 Å². The van der Waals surface area contributed by atoms with E-state index in [2.05, 4.69) is 253 Å². The lowest BCUT2D eigenvalue weighted by Crippen LogP contribution is -2.37. The molecule has 10 rings (SSSR count). The predicted octanol–water partition coefficient (Wildman–Crippen LogP) is 15.6. The molecule has 0 spiro atoms. The first-order valence-electron chi connectivity index (χ1n) is 20.6. The number of anilines is 3. The van der Waals surface area contributed by atoms with Crippen molar-refractivity contribution in [1.82, 2.24) is 0 Å². The van der Waals surface area contributed by atoms with E-state index < -0.39 is 5.41 Å². The number of benzene rings is 9. The lowest BCUT2D eigenvalue weighted by molar-refractivity contribution is 0.732. The molecule has 60 heavy (non-hydrogen) atoms. The van der Waals surface area contributed by atoms with Gasteiger partial charge in [-0.2, -0.15) is 0 Å². The molecule has 0 radical (unpaired) electrons. The Bertz CT molecular complexity index is 2740. The lowest BCUT2D eigenvalue weighted by atomic mass is 9.61. The predicted molar refractivity (Wildman–Crippen MR) is 254 cm³/mol. The number of rotatable bonds is 7. The minimum Gasteiger partial charge on any atom is -0.310 e. The van der Waals surface area contributed by atoms with Crippen LogP contribution in [0, 0.1) is 11.8 Å². The van der Waals surface area contributed by atoms with Crippen molar-refractivity contribution in [2.24, 2.45) is 0 Å². The van der Waals surface area contributed by atoms with Crippen LogP contribution in [0.5, 0.6) is 0 Å². The minimum atomic E-state index is -0.659. The molecule has 9 aromatic rings. The fraction of sp³-hybridized carbons (Fsp3) is 0.0508. The highest BCUT2D eigenvalue weighted by Gasteiger charge is 2.47. The Balaban J connectivity index is 0.00000111. The summed E-state index contributed by atoms with van der Waals surface area (Å²) in [7, 11) is 0. The molecule has 0 bridgehead atoms. The Hall–Kier alpha value is -7.66. The maximum absolute atomic E-state index is 2.68. The van der Waals surface area contributed by atoms with Gasteiger partial charge in [-0.25, -0.2) is 0 Å². The fourth-order valence-corrected chi connectivity index (χ4v) is 8.90. The highest BCUT2D eigenvalue weighted by atomic mass is 15.2. The molecule has 0 amide bonds. The minimum absolute atomic E-state index is 0.659. The van der Waals surface area contributed by atoms with Crippen LogP contribution in [0.2, 0.25) is 0 Å². The Morgan fingerprint density at radius 1 is 0.317 bits per heavy atom. The summed E-state index contributed by atoms with van der Waals surface area (Å²) < 4.78 is 0. The second kappa shape index (κ2) is 17.1. The number of para-hydroxylation sites is 1. The molecule has 0 N–H and O–H groups in total. The van der Waals surface area contributed by atoms with E-state index in [1.54, 1.807) is 0 Å². The van der Waals surface area contributed by atoms with E-state index in [1.807, 2.05) is 13.8 Å². The Kier molecular flexibility index (Phi) is 10.8. The molecule has 0 aromatic heterocycles. The summed E-state index contributed by atoms with van der Waals surface area (Å²) in [6, 6.07) is 86.4. The number of nitrogens with zero attached hydrogens (tertiary/aromatic N) is 1. The Morgan fingerprint density at radius 2 is 0.633 bits per heavy atom. The molecule has 0 unspecified atom stereocenters. The smallest absolute Gasteiger partial charge is 0.0742 e. The molecule has 1 heteroatoms. The summed E-state index contributed by atoms with van der Waals surface area (Å²) in [5.74, 6) is 5.36. The molecular weight excluding hydrogens is 723 g/mol. The maximum atomic E-state index is 2.68. The van der Waals surface area contributed by atoms with E-state index in [9.17, 15) is 0 Å². The molecule has 0 saturated carbocycles. The summed E-state index contributed by atoms with van der Waals surface area (Å²) in [4.78, 5) is 2.47. The molecule has 286 valence electrons. The van der Waals surface area contributed by atoms with Gasteiger partial charge in [0.1, 0.15) is 0 Å². The quantitative estimate of drug-likeness (QED) is 0.146. The van der Waals surface area contributed by atoms with Gasteiger partial charge in [-0.3, -0.25) is 0 Å². The van der Waals surface area contributed by atoms with Crippen molar-refractivity contribution in [1.29, 1.82) is 0 Å². The number of fused-ring (bicyclic) bond motifs is 2. The van der Waals surface area contributed by atoms with Gasteiger partial charge in [0.2, 0.25) is 0 Å². The fourth-order valence-electron chi connectivity index (χ4n) is 8.90. The SMILES string of the molecule is CC#CC.c1ccc(-c2ccccc2-c2ccc3c(c2)C(c2ccccc2)(c2ccccc2)c2cc(-c4ccccc4-c4ccccc4)ccc2N3c2ccccc2)cc1. The van der Waals surface area contributed by atoms with Gasteiger partial charge < -0.3 is 4.90 Å². The van der Waals surface area contributed by atoms with Gasteiger partial charge in [0.05, 0.1) is 16.8 Å². The van der Waals surface area contributed by atoms with Crippen molar-refractivity contribution in [3.8, 4) is 56.3 Å². The first-order valence-corrected chi connectivity index (χ1v) is 20.6. The van der Waals surface area contributed by atoms with Gasteiger partial charge in [0.15, 0.2) is 0 Å². The van der Waals surface area contributed by atoms with Crippen LogP contribution in [-0.2, 0) is 5.41 Å². The largest absolute Gasteiger partial charge is 0.310 e. The zero-order chi connectivity index (χ0) is 40.7. The van der Waals surface area contributed by atoms with E-state index in [0.29, 0.717) is 0 Å². The topological polar surface area (TPSA) is 3.24 Å². The molecule has 1 heterocycles. The zero-order valence-corrected chi connectivity index (χ0v) is 34.0. The first-order chi connectivity index (χ1) is 29.7. The molecule has 0 fully saturated rings. The number of hydrogen-bond acceptors (Lipinski definition) is 1. The summed E-state index contributed by atoms with van der Waals surface area (Å²) in [6.45, 7) is 3.64. The highest BCUT2D eigenvalue weighted by molar-refractivity contribution is 5.94. The van der Waals surface area contributed by atoms with Gasteiger partial charge in [0.25, 0.3) is 0 Å². The van der Waals surface area contributed by atoms with E-state index in [0.717, 1.165) is 17.1 Å². The first kappa shape index (κ1) is 37.9. The van der Waals surface area contributed by atoms with Crippen molar-refractivity contribution in [2.75, 3.05) is 4.90 Å². The molecule has 0 aliphatic carbocycles. The van der Waals surface area contributed by atoms with Crippen LogP contribution < -0.4 is 4.90 Å². The van der Waals surface area contributed by atoms with Crippen molar-refractivity contribution < 1.29 is 0 Å². The van der Waals surface area contributed by atoms with Gasteiger partial charge in [0, 0.05) is 5.69 Å². The summed E-state index contributed by atoms with van der Waals surface area (Å²) in [5.41, 5.74) is 17.3. The third-order valence-corrected chi connectivity index (χ3v) is 11.6. The van der Waals surface area contributed by atoms with E-state index in [1.165, 1.54) is 66.8 Å². The van der Waals surface area contributed by atoms with Crippen LogP contribution in [0.3, 0.4) is 0 Å². The molecule has 1 nitrogen and oxygen atoms in total. The average molecular weight is 768 g/mol. The Morgan fingerprint density at radius 3 is 1.00 bits per heavy atom. The van der Waals surface area contributed by atoms with E-state index >= 15 is 0 Å². The summed E-state index contributed by atoms with van der Waals surface area (Å²) in [6.07, 6.45) is 0. The standard InChI is InChI=1S/C55H39N.C4H6/c1-6-20-40(21-7-1)47-30-16-18-32-49(47)42-34-36-53-51(38-42)55(44-24-10-3-11-25-44,45-26-12-4-13-27-45)52-39-43(35-37-54(52)56(53)46-28-14-5-15-29-46)50-33-19-17-31-48(50)41-22-8-2-9-23-41;1-3-4-2/h1-39H;1-2H3. The molecule has 0 saturated heterocycles. The van der Waals surface area contributed by atoms with Crippen molar-refractivity contribution >= 4 is 17.1 Å². The lowest BCUT2D eigenvalue weighted by Gasteiger charge is -2.47. The Labute approximate surface area is 354 Å². The highest BCUT2D eigenvalue weighted by Crippen LogP contribution is 2.59. The molecule has 9 aromatic carbocycles. The van der Waals surface area contributed by atoms with Crippen LogP contribution in [-0.4, -0.2) is 0 Å². The molecule has 0 atom stereocenters. The second-order valence-corrected chi connectivity index (χ2v) is 14.9. The van der Waals surface area contributed by atoms with Gasteiger partial charge in [-0.1, -0.05) is 200 Å². The van der Waals surface area contributed by atoms with Crippen LogP contribution in [0.1, 0.15) is 36.1 Å². The zero-order valence-electron chi connectivity index (χ0n) is 34.0. The van der Waals surface area contributed by atoms with Crippen LogP contribution in [0.25, 0.3) is 44.5 Å². The van der Waals surface area contributed by atoms with E-state index in [-0.39, 0.29) is 0 Å². The monoisotopic (exact) mass is 767 g/mol. The molecular formula is C59H45N. The van der Waals surface area contributed by atoms with Gasteiger partial charge >= 0.3 is 0 Å². The molecule has 1 aliphatic heterocycles. The average Bonchev–Trinajstić information content (AvgIpc) is 3.34. The maximum Gasteiger partial charge on any atom is 0.0742 e. The van der Waals surface area contributed by atoms with Crippen molar-refractivity contribution in [2.45, 2.75) is 19.3 Å². The number of hydrogen-bond donors (Lipinski definition) is 0. The molecule has 1 aliphatic rings. The normalized spacial score (nSPS) is 12.1. The second-order valence-electron chi connectivity index (χ2n) is 14.9. The van der Waals surface area contributed by atoms with Crippen LogP contribution in [0.15, 0.2) is 237 Å². The van der Waals surface area contributed by atoms with Crippen LogP contribution >= 0.6 is 0 Å². The summed E-state index contributed by atoms with van der Waals surface area (Å²) in [5, 5.41) is 0. The third kappa shape index (κ3) is 6.89. The van der Waals surface area contributed by atoms with Crippen molar-refractivity contribution in [3.63, 3.8) is 0 Å². The van der Waals surface area contributed by atoms with Crippen LogP contribution in [0.4, 0.5) is 17.1 Å². The van der Waals surface area contributed by atoms with Gasteiger partial charge in [-0.15, -0.1) is 11.8 Å². The third-order valence-electron chi connectivity index (χ3n) is 11.6. The van der Waals surface area contributed by atoms with Gasteiger partial charge in [-0.05, 0) is 117 Å². The summed E-state index contributed by atoms with van der Waals surface area (Å²) >= 11 is 0.